The molecule has 8 rings (SSSR count). The van der Waals surface area contributed by atoms with Crippen LogP contribution >= 0.6 is 0 Å². The molecule has 0 aromatic heterocycles. The van der Waals surface area contributed by atoms with Gasteiger partial charge in [0, 0.05) is 38.5 Å². The second-order valence-corrected chi connectivity index (χ2v) is 17.3. The Kier molecular flexibility index (Phi) is 13.5. The summed E-state index contributed by atoms with van der Waals surface area (Å²) in [6.45, 7) is 4.90. The van der Waals surface area contributed by atoms with Crippen LogP contribution in [0.1, 0.15) is 142 Å². The number of esters is 2. The fourth-order valence-electron chi connectivity index (χ4n) is 9.25. The number of epoxide rings is 6. The van der Waals surface area contributed by atoms with E-state index in [4.69, 9.17) is 47.4 Å². The van der Waals surface area contributed by atoms with E-state index < -0.39 is 12.2 Å². The van der Waals surface area contributed by atoms with Gasteiger partial charge in [-0.2, -0.15) is 0 Å². The molecule has 0 spiro atoms. The zero-order chi connectivity index (χ0) is 37.0. The summed E-state index contributed by atoms with van der Waals surface area (Å²) >= 11 is 0. The van der Waals surface area contributed by atoms with Gasteiger partial charge >= 0.3 is 11.9 Å². The molecular weight excluding hydrogens is 696 g/mol. The molecule has 16 unspecified atom stereocenters. The molecule has 8 aliphatic heterocycles. The van der Waals surface area contributed by atoms with Gasteiger partial charge in [-0.1, -0.05) is 65.2 Å². The molecule has 0 bridgehead atoms. The lowest BCUT2D eigenvalue weighted by molar-refractivity contribution is -0.155. The maximum atomic E-state index is 12.6. The highest BCUT2D eigenvalue weighted by atomic mass is 16.7. The molecule has 16 atom stereocenters. The van der Waals surface area contributed by atoms with Gasteiger partial charge in [-0.15, -0.1) is 0 Å². The van der Waals surface area contributed by atoms with Crippen LogP contribution in [0.3, 0.4) is 0 Å². The van der Waals surface area contributed by atoms with Gasteiger partial charge < -0.3 is 47.4 Å². The highest BCUT2D eigenvalue weighted by molar-refractivity contribution is 5.70. The van der Waals surface area contributed by atoms with Crippen molar-refractivity contribution >= 4 is 11.9 Å². The molecule has 12 nitrogen and oxygen atoms in total. The van der Waals surface area contributed by atoms with Crippen LogP contribution in [-0.2, 0) is 57.0 Å². The van der Waals surface area contributed by atoms with Crippen molar-refractivity contribution in [3.05, 3.63) is 0 Å². The second-order valence-electron chi connectivity index (χ2n) is 17.3. The summed E-state index contributed by atoms with van der Waals surface area (Å²) in [6.07, 6.45) is 23.0. The van der Waals surface area contributed by atoms with Crippen molar-refractivity contribution in [2.24, 2.45) is 0 Å². The van der Waals surface area contributed by atoms with Gasteiger partial charge in [0.15, 0.2) is 12.2 Å². The molecule has 0 radical (unpaired) electrons. The summed E-state index contributed by atoms with van der Waals surface area (Å²) in [5.74, 6) is -0.422. The zero-order valence-electron chi connectivity index (χ0n) is 32.7. The van der Waals surface area contributed by atoms with Gasteiger partial charge in [-0.25, -0.2) is 0 Å². The number of fused-ring (bicyclic) bond motifs is 1. The molecule has 0 aliphatic carbocycles. The fraction of sp³-hybridized carbons (Fsp3) is 0.952. The maximum Gasteiger partial charge on any atom is 0.306 e. The van der Waals surface area contributed by atoms with E-state index in [1.807, 2.05) is 0 Å². The van der Waals surface area contributed by atoms with E-state index in [2.05, 4.69) is 13.8 Å². The average Bonchev–Trinajstić information content (AvgIpc) is 3.89. The molecule has 0 aromatic carbocycles. The Balaban J connectivity index is 0.580. The first-order chi connectivity index (χ1) is 26.4. The van der Waals surface area contributed by atoms with Crippen molar-refractivity contribution in [1.29, 1.82) is 0 Å². The minimum absolute atomic E-state index is 0.211. The Morgan fingerprint density at radius 2 is 0.741 bits per heavy atom. The second kappa shape index (κ2) is 18.5. The van der Waals surface area contributed by atoms with Crippen LogP contribution in [0.4, 0.5) is 0 Å². The summed E-state index contributed by atoms with van der Waals surface area (Å²) in [5.41, 5.74) is 0. The third kappa shape index (κ3) is 11.4. The summed E-state index contributed by atoms with van der Waals surface area (Å²) in [4.78, 5) is 25.1. The number of carbonyl (C=O) groups excluding carboxylic acids is 2. The molecule has 0 amide bonds. The van der Waals surface area contributed by atoms with E-state index in [1.54, 1.807) is 0 Å². The fourth-order valence-corrected chi connectivity index (χ4v) is 9.25. The number of unbranched alkanes of at least 4 members (excludes halogenated alkanes) is 8. The van der Waals surface area contributed by atoms with Gasteiger partial charge in [0.25, 0.3) is 0 Å². The van der Waals surface area contributed by atoms with Crippen molar-refractivity contribution in [1.82, 2.24) is 0 Å². The van der Waals surface area contributed by atoms with Gasteiger partial charge in [0.2, 0.25) is 0 Å². The molecule has 0 saturated carbocycles. The van der Waals surface area contributed by atoms with Crippen LogP contribution in [0.2, 0.25) is 0 Å². The summed E-state index contributed by atoms with van der Waals surface area (Å²) in [7, 11) is 0. The van der Waals surface area contributed by atoms with Gasteiger partial charge in [0.1, 0.15) is 12.2 Å². The smallest absolute Gasteiger partial charge is 0.306 e. The van der Waals surface area contributed by atoms with E-state index >= 15 is 0 Å². The van der Waals surface area contributed by atoms with E-state index in [0.29, 0.717) is 86.1 Å². The lowest BCUT2D eigenvalue weighted by Gasteiger charge is -2.17. The Morgan fingerprint density at radius 1 is 0.426 bits per heavy atom. The van der Waals surface area contributed by atoms with Gasteiger partial charge in [-0.3, -0.25) is 9.59 Å². The monoisotopic (exact) mass is 762 g/mol. The van der Waals surface area contributed by atoms with Crippen molar-refractivity contribution in [2.45, 2.75) is 240 Å². The summed E-state index contributed by atoms with van der Waals surface area (Å²) < 4.78 is 58.0. The highest BCUT2D eigenvalue weighted by Gasteiger charge is 2.53. The summed E-state index contributed by atoms with van der Waals surface area (Å²) in [5, 5.41) is 0. The number of ether oxygens (including phenoxy) is 10. The first-order valence-electron chi connectivity index (χ1n) is 22.0. The normalized spacial score (nSPS) is 42.0. The van der Waals surface area contributed by atoms with E-state index in [1.165, 1.54) is 0 Å². The SMILES string of the molecule is CCC1OC1CC1OC1CC1OC1CCCCCCCC(=O)OC1COC2C(OC(=O)CCCCCCCC3OC3CC3OC3CC3OC3CC)COC12. The highest BCUT2D eigenvalue weighted by Crippen LogP contribution is 2.43. The molecule has 8 heterocycles. The molecule has 306 valence electrons. The van der Waals surface area contributed by atoms with Gasteiger partial charge in [0.05, 0.1) is 86.5 Å². The van der Waals surface area contributed by atoms with Crippen LogP contribution in [-0.4, -0.2) is 123 Å². The van der Waals surface area contributed by atoms with Crippen LogP contribution in [0, 0.1) is 0 Å². The third-order valence-corrected chi connectivity index (χ3v) is 13.1. The lowest BCUT2D eigenvalue weighted by atomic mass is 10.0. The quantitative estimate of drug-likeness (QED) is 0.0519. The van der Waals surface area contributed by atoms with Crippen molar-refractivity contribution in [3.63, 3.8) is 0 Å². The Bertz CT molecular complexity index is 1140. The average molecular weight is 763 g/mol. The Hall–Kier alpha value is -1.38. The standard InChI is InChI=1S/C42H66O12/c1-3-25-29(47-25)19-33-35(51-33)21-31-27(49-31)15-11-7-5-9-13-17-39(43)53-37-23-45-42-38(24-46-41(37)42)54-40(44)18-14-10-6-8-12-16-28-32(50-28)22-36-34(52-36)20-30-26(4-2)48-30/h25-38,41-42H,3-24H2,1-2H3. The summed E-state index contributed by atoms with van der Waals surface area (Å²) in [6, 6.07) is 0. The molecule has 8 aliphatic rings. The molecule has 8 fully saturated rings. The molecule has 54 heavy (non-hydrogen) atoms. The van der Waals surface area contributed by atoms with Crippen LogP contribution < -0.4 is 0 Å². The molecule has 0 aromatic rings. The Morgan fingerprint density at radius 3 is 1.13 bits per heavy atom. The zero-order valence-corrected chi connectivity index (χ0v) is 32.7. The molecular formula is C42H66O12. The van der Waals surface area contributed by atoms with Crippen molar-refractivity contribution < 1.29 is 57.0 Å². The van der Waals surface area contributed by atoms with E-state index in [-0.39, 0.29) is 37.4 Å². The van der Waals surface area contributed by atoms with Crippen LogP contribution in [0.5, 0.6) is 0 Å². The largest absolute Gasteiger partial charge is 0.457 e. The molecule has 0 N–H and O–H groups in total. The first-order valence-corrected chi connectivity index (χ1v) is 22.0. The van der Waals surface area contributed by atoms with Crippen molar-refractivity contribution in [3.8, 4) is 0 Å². The van der Waals surface area contributed by atoms with Crippen LogP contribution in [0.25, 0.3) is 0 Å². The van der Waals surface area contributed by atoms with Crippen LogP contribution in [0.15, 0.2) is 0 Å². The number of hydrogen-bond donors (Lipinski definition) is 0. The first kappa shape index (κ1) is 39.4. The van der Waals surface area contributed by atoms with E-state index in [0.717, 1.165) is 116 Å². The number of carbonyl (C=O) groups is 2. The third-order valence-electron chi connectivity index (χ3n) is 13.1. The topological polar surface area (TPSA) is 146 Å². The minimum atomic E-state index is -0.448. The predicted octanol–water partition coefficient (Wildman–Crippen LogP) is 6.05. The maximum absolute atomic E-state index is 12.6. The Labute approximate surface area is 321 Å². The lowest BCUT2D eigenvalue weighted by Crippen LogP contribution is -2.35. The predicted molar refractivity (Wildman–Crippen MR) is 195 cm³/mol. The molecule has 8 saturated heterocycles. The minimum Gasteiger partial charge on any atom is -0.457 e. The van der Waals surface area contributed by atoms with Crippen molar-refractivity contribution in [2.75, 3.05) is 13.2 Å². The molecule has 12 heteroatoms. The number of hydrogen-bond acceptors (Lipinski definition) is 12. The van der Waals surface area contributed by atoms with Gasteiger partial charge in [-0.05, 0) is 38.5 Å². The number of rotatable bonds is 28. The van der Waals surface area contributed by atoms with E-state index in [9.17, 15) is 9.59 Å².